The molecule has 12 nitrogen and oxygen atoms in total. The molecule has 57 heavy (non-hydrogen) atoms. The van der Waals surface area contributed by atoms with Gasteiger partial charge in [-0.3, -0.25) is 4.79 Å². The molecule has 0 aliphatic carbocycles. The summed E-state index contributed by atoms with van der Waals surface area (Å²) in [6.45, 7) is 30.4. The Bertz CT molecular complexity index is 1470. The minimum atomic E-state index is -1.25. The van der Waals surface area contributed by atoms with Crippen molar-refractivity contribution in [2.45, 2.75) is 164 Å². The average molecular weight is 906 g/mol. The first-order valence-corrected chi connectivity index (χ1v) is 21.8. The molecule has 0 saturated heterocycles. The molecule has 328 valence electrons. The first-order valence-electron chi connectivity index (χ1n) is 20.7. The van der Waals surface area contributed by atoms with E-state index < -0.39 is 26.1 Å². The van der Waals surface area contributed by atoms with Crippen molar-refractivity contribution in [3.05, 3.63) is 30.1 Å². The standard InChI is InChI=1S/C43H77N6O6P.Ru/c1-33(2)49(34(3)4)56(55-28-14-22-44)54-27-13-19-42(9,10)52-29-21-43(11,12)53-30-26-48(24-18-37(45)39(50)51)25-20-40(5,6)32-41(7,8)31-36-16-15-35-17-23-46-38(35)47-36;/h15-17,23,33-34,37H,13-14,18-21,24-32,45H2,1-12H3,(H,46,47)(H,50,51);. The molecule has 0 saturated carbocycles. The van der Waals surface area contributed by atoms with Crippen LogP contribution in [0.25, 0.3) is 11.0 Å². The van der Waals surface area contributed by atoms with Crippen molar-refractivity contribution in [2.75, 3.05) is 46.1 Å². The first kappa shape index (κ1) is 53.4. The third kappa shape index (κ3) is 21.5. The molecule has 2 unspecified atom stereocenters. The zero-order valence-electron chi connectivity index (χ0n) is 37.3. The molecular weight excluding hydrogens is 829 g/mol. The Morgan fingerprint density at radius 2 is 1.51 bits per heavy atom. The van der Waals surface area contributed by atoms with E-state index in [4.69, 9.17) is 34.5 Å². The molecule has 2 aromatic heterocycles. The quantitative estimate of drug-likeness (QED) is 0.0390. The molecule has 0 aliphatic rings. The monoisotopic (exact) mass is 906 g/mol. The zero-order valence-corrected chi connectivity index (χ0v) is 39.9. The summed E-state index contributed by atoms with van der Waals surface area (Å²) in [6, 6.07) is 8.10. The van der Waals surface area contributed by atoms with Gasteiger partial charge in [0.25, 0.3) is 8.53 Å². The number of aliphatic carboxylic acids is 1. The van der Waals surface area contributed by atoms with Gasteiger partial charge in [0, 0.05) is 61.9 Å². The second kappa shape index (κ2) is 25.3. The van der Waals surface area contributed by atoms with Gasteiger partial charge in [-0.1, -0.05) is 27.7 Å². The van der Waals surface area contributed by atoms with Crippen LogP contribution in [-0.2, 0) is 49.2 Å². The molecule has 0 aliphatic heterocycles. The van der Waals surface area contributed by atoms with Gasteiger partial charge in [0.05, 0.1) is 50.1 Å². The van der Waals surface area contributed by atoms with Gasteiger partial charge in [-0.15, -0.1) is 0 Å². The second-order valence-corrected chi connectivity index (χ2v) is 20.1. The molecule has 14 heteroatoms. The molecular formula is C43H77N6O6PRu. The van der Waals surface area contributed by atoms with Gasteiger partial charge in [0.2, 0.25) is 0 Å². The summed E-state index contributed by atoms with van der Waals surface area (Å²) in [5.74, 6) is -0.971. The van der Waals surface area contributed by atoms with Gasteiger partial charge in [0.1, 0.15) is 11.7 Å². The minimum absolute atomic E-state index is 0. The number of nitrogens with two attached hydrogens (primary N) is 1. The van der Waals surface area contributed by atoms with Gasteiger partial charge < -0.3 is 39.2 Å². The fraction of sp³-hybridized carbons (Fsp3) is 0.791. The number of aromatic nitrogens is 2. The summed E-state index contributed by atoms with van der Waals surface area (Å²) in [7, 11) is -1.25. The van der Waals surface area contributed by atoms with Crippen LogP contribution in [0.1, 0.15) is 134 Å². The SMILES string of the molecule is CC(C)N(C(C)C)P(OCCC#N)OCCCC(C)(C)OCCC(C)(C)OCCN(CCC(N)C(=O)O)CCC(C)(C)CC(C)(C)Cc1ccc2cc[nH]c2n1.[Ru]. The van der Waals surface area contributed by atoms with E-state index in [9.17, 15) is 9.90 Å². The maximum atomic E-state index is 11.5. The third-order valence-corrected chi connectivity index (χ3v) is 12.3. The molecule has 2 aromatic rings. The van der Waals surface area contributed by atoms with Gasteiger partial charge >= 0.3 is 5.97 Å². The van der Waals surface area contributed by atoms with Crippen LogP contribution in [0.2, 0.25) is 0 Å². The molecule has 0 bridgehead atoms. The maximum absolute atomic E-state index is 11.5. The van der Waals surface area contributed by atoms with E-state index in [0.717, 1.165) is 61.8 Å². The largest absolute Gasteiger partial charge is 0.480 e. The van der Waals surface area contributed by atoms with E-state index in [1.54, 1.807) is 0 Å². The maximum Gasteiger partial charge on any atom is 0.320 e. The topological polar surface area (TPSA) is 159 Å². The van der Waals surface area contributed by atoms with Crippen LogP contribution in [-0.4, -0.2) is 106 Å². The summed E-state index contributed by atoms with van der Waals surface area (Å²) < 4.78 is 27.3. The van der Waals surface area contributed by atoms with Crippen LogP contribution in [0.4, 0.5) is 0 Å². The van der Waals surface area contributed by atoms with Crippen molar-refractivity contribution in [1.29, 1.82) is 5.26 Å². The van der Waals surface area contributed by atoms with E-state index in [1.807, 2.05) is 12.3 Å². The van der Waals surface area contributed by atoms with Gasteiger partial charge in [-0.05, 0) is 136 Å². The average Bonchev–Trinajstić information content (AvgIpc) is 3.54. The molecule has 0 radical (unpaired) electrons. The van der Waals surface area contributed by atoms with E-state index >= 15 is 0 Å². The zero-order chi connectivity index (χ0) is 42.2. The fourth-order valence-electron chi connectivity index (χ4n) is 7.37. The number of ether oxygens (including phenoxy) is 2. The van der Waals surface area contributed by atoms with Crippen molar-refractivity contribution < 1.29 is 47.9 Å². The summed E-state index contributed by atoms with van der Waals surface area (Å²) in [6.07, 6.45) is 7.92. The number of rotatable bonds is 30. The molecule has 2 rings (SSSR count). The van der Waals surface area contributed by atoms with Crippen molar-refractivity contribution in [2.24, 2.45) is 16.6 Å². The molecule has 0 aromatic carbocycles. The number of pyridine rings is 1. The number of fused-ring (bicyclic) bond motifs is 1. The summed E-state index contributed by atoms with van der Waals surface area (Å²) in [4.78, 5) is 21.9. The number of carbonyl (C=O) groups is 1. The van der Waals surface area contributed by atoms with Crippen LogP contribution in [0.5, 0.6) is 0 Å². The minimum Gasteiger partial charge on any atom is -0.480 e. The number of nitriles is 1. The molecule has 2 atom stereocenters. The number of hydrogen-bond acceptors (Lipinski definition) is 10. The van der Waals surface area contributed by atoms with Crippen molar-refractivity contribution in [3.63, 3.8) is 0 Å². The Labute approximate surface area is 359 Å². The normalized spacial score (nSPS) is 14.1. The Morgan fingerprint density at radius 1 is 0.877 bits per heavy atom. The van der Waals surface area contributed by atoms with Crippen molar-refractivity contribution in [3.8, 4) is 6.07 Å². The smallest absolute Gasteiger partial charge is 0.320 e. The molecule has 2 heterocycles. The molecule has 0 spiro atoms. The number of carboxylic acids is 1. The third-order valence-electron chi connectivity index (χ3n) is 10.1. The molecule has 0 fully saturated rings. The number of H-pyrrole nitrogens is 1. The summed E-state index contributed by atoms with van der Waals surface area (Å²) >= 11 is 0. The Morgan fingerprint density at radius 3 is 2.14 bits per heavy atom. The Balaban J connectivity index is 0.0000162. The van der Waals surface area contributed by atoms with E-state index in [2.05, 4.69) is 116 Å². The fourth-order valence-corrected chi connectivity index (χ4v) is 9.00. The number of hydrogen-bond donors (Lipinski definition) is 3. The van der Waals surface area contributed by atoms with Crippen LogP contribution >= 0.6 is 8.53 Å². The van der Waals surface area contributed by atoms with Crippen molar-refractivity contribution >= 4 is 25.5 Å². The van der Waals surface area contributed by atoms with Gasteiger partial charge in [-0.25, -0.2) is 9.65 Å². The second-order valence-electron chi connectivity index (χ2n) is 18.7. The predicted octanol–water partition coefficient (Wildman–Crippen LogP) is 9.09. The number of aromatic amines is 1. The van der Waals surface area contributed by atoms with Crippen LogP contribution in [0.15, 0.2) is 24.4 Å². The number of carboxylic acid groups (broad SMARTS) is 1. The van der Waals surface area contributed by atoms with Crippen LogP contribution in [0.3, 0.4) is 0 Å². The van der Waals surface area contributed by atoms with E-state index in [1.165, 1.54) is 0 Å². The number of nitrogens with one attached hydrogen (secondary N) is 1. The molecule has 4 N–H and O–H groups in total. The summed E-state index contributed by atoms with van der Waals surface area (Å²) in [5.41, 5.74) is 7.33. The predicted molar refractivity (Wildman–Crippen MR) is 228 cm³/mol. The summed E-state index contributed by atoms with van der Waals surface area (Å²) in [5, 5.41) is 19.5. The van der Waals surface area contributed by atoms with Gasteiger partial charge in [-0.2, -0.15) is 5.26 Å². The van der Waals surface area contributed by atoms with Crippen LogP contribution < -0.4 is 5.73 Å². The van der Waals surface area contributed by atoms with Crippen molar-refractivity contribution in [1.82, 2.24) is 19.5 Å². The first-order chi connectivity index (χ1) is 26.1. The van der Waals surface area contributed by atoms with E-state index in [0.29, 0.717) is 52.4 Å². The Kier molecular flexibility index (Phi) is 23.7. The number of nitrogens with zero attached hydrogens (tertiary/aromatic N) is 4. The van der Waals surface area contributed by atoms with Crippen LogP contribution in [0, 0.1) is 22.2 Å². The Hall–Kier alpha value is -1.58. The molecule has 0 amide bonds. The van der Waals surface area contributed by atoms with E-state index in [-0.39, 0.29) is 48.0 Å². The van der Waals surface area contributed by atoms with Gasteiger partial charge in [0.15, 0.2) is 0 Å².